The van der Waals surface area contributed by atoms with Crippen molar-refractivity contribution in [2.75, 3.05) is 0 Å². The van der Waals surface area contributed by atoms with Crippen LogP contribution in [0.25, 0.3) is 16.5 Å². The highest BCUT2D eigenvalue weighted by Gasteiger charge is 2.01. The third kappa shape index (κ3) is 1.24. The van der Waals surface area contributed by atoms with Crippen LogP contribution in [0.1, 0.15) is 18.2 Å². The molecule has 0 bridgehead atoms. The molecule has 66 valence electrons. The van der Waals surface area contributed by atoms with E-state index in [2.05, 4.69) is 22.8 Å². The van der Waals surface area contributed by atoms with E-state index in [1.54, 1.807) is 0 Å². The number of aromatic nitrogens is 2. The fraction of sp³-hybridized carbons (Fsp3) is 0.182. The van der Waals surface area contributed by atoms with Crippen molar-refractivity contribution in [2.24, 2.45) is 0 Å². The Hall–Kier alpha value is -1.57. The summed E-state index contributed by atoms with van der Waals surface area (Å²) in [5.74, 6) is 0. The van der Waals surface area contributed by atoms with Crippen molar-refractivity contribution in [1.82, 2.24) is 10.2 Å². The molecule has 0 fully saturated rings. The van der Waals surface area contributed by atoms with E-state index in [4.69, 9.17) is 0 Å². The molecule has 1 N–H and O–H groups in total. The lowest BCUT2D eigenvalue weighted by Gasteiger charge is -1.98. The quantitative estimate of drug-likeness (QED) is 0.704. The molecule has 0 aliphatic rings. The number of aromatic amines is 1. The summed E-state index contributed by atoms with van der Waals surface area (Å²) >= 11 is 0. The zero-order valence-electron chi connectivity index (χ0n) is 7.89. The first kappa shape index (κ1) is 8.05. The lowest BCUT2D eigenvalue weighted by atomic mass is 10.1. The topological polar surface area (TPSA) is 28.7 Å². The van der Waals surface area contributed by atoms with Crippen LogP contribution in [0, 0.1) is 6.92 Å². The first-order valence-electron chi connectivity index (χ1n) is 4.29. The first-order valence-corrected chi connectivity index (χ1v) is 4.29. The molecule has 2 aromatic rings. The molecule has 0 saturated heterocycles. The maximum absolute atomic E-state index is 4.16. The molecule has 0 radical (unpaired) electrons. The van der Waals surface area contributed by atoms with Gasteiger partial charge in [-0.1, -0.05) is 18.2 Å². The number of aryl methyl sites for hydroxylation is 1. The monoisotopic (exact) mass is 172 g/mol. The molecule has 0 amide bonds. The maximum atomic E-state index is 4.16. The lowest BCUT2D eigenvalue weighted by Crippen LogP contribution is -1.77. The molecular weight excluding hydrogens is 160 g/mol. The van der Waals surface area contributed by atoms with Crippen LogP contribution in [0.4, 0.5) is 0 Å². The highest BCUT2D eigenvalue weighted by atomic mass is 15.1. The Bertz CT molecular complexity index is 466. The van der Waals surface area contributed by atoms with E-state index in [0.29, 0.717) is 0 Å². The summed E-state index contributed by atoms with van der Waals surface area (Å²) in [6.07, 6.45) is 0. The smallest absolute Gasteiger partial charge is 0.0924 e. The van der Waals surface area contributed by atoms with E-state index in [1.165, 1.54) is 10.9 Å². The number of fused-ring (bicyclic) bond motifs is 1. The van der Waals surface area contributed by atoms with Gasteiger partial charge in [0.25, 0.3) is 0 Å². The zero-order chi connectivity index (χ0) is 9.42. The number of benzene rings is 1. The molecule has 0 spiro atoms. The molecule has 0 atom stereocenters. The Morgan fingerprint density at radius 3 is 2.92 bits per heavy atom. The van der Waals surface area contributed by atoms with Gasteiger partial charge in [-0.25, -0.2) is 0 Å². The van der Waals surface area contributed by atoms with E-state index in [9.17, 15) is 0 Å². The third-order valence-corrected chi connectivity index (χ3v) is 2.24. The Balaban J connectivity index is 2.72. The summed E-state index contributed by atoms with van der Waals surface area (Å²) in [6, 6.07) is 6.18. The number of hydrogen-bond donors (Lipinski definition) is 1. The molecule has 2 heteroatoms. The van der Waals surface area contributed by atoms with Crippen LogP contribution in [0.5, 0.6) is 0 Å². The number of nitrogens with zero attached hydrogens (tertiary/aromatic N) is 1. The van der Waals surface area contributed by atoms with Crippen LogP contribution in [-0.2, 0) is 0 Å². The van der Waals surface area contributed by atoms with Crippen LogP contribution in [0.15, 0.2) is 24.8 Å². The Morgan fingerprint density at radius 2 is 2.23 bits per heavy atom. The van der Waals surface area contributed by atoms with Crippen LogP contribution in [-0.4, -0.2) is 10.2 Å². The van der Waals surface area contributed by atoms with Gasteiger partial charge >= 0.3 is 0 Å². The SMILES string of the molecule is C=C(C)c1ccc2n[nH]c(C)c2c1. The summed E-state index contributed by atoms with van der Waals surface area (Å²) in [7, 11) is 0. The molecule has 0 unspecified atom stereocenters. The standard InChI is InChI=1S/C11H12N2/c1-7(2)9-4-5-11-10(6-9)8(3)12-13-11/h4-6H,1H2,2-3H3,(H,12,13). The van der Waals surface area contributed by atoms with Crippen LogP contribution in [0.3, 0.4) is 0 Å². The second-order valence-corrected chi connectivity index (χ2v) is 3.36. The Labute approximate surface area is 77.3 Å². The van der Waals surface area contributed by atoms with Crippen LogP contribution in [0.2, 0.25) is 0 Å². The molecule has 1 heterocycles. The van der Waals surface area contributed by atoms with E-state index >= 15 is 0 Å². The molecule has 0 aliphatic heterocycles. The minimum absolute atomic E-state index is 1.02. The Morgan fingerprint density at radius 1 is 1.46 bits per heavy atom. The molecule has 13 heavy (non-hydrogen) atoms. The number of nitrogens with one attached hydrogen (secondary N) is 1. The predicted octanol–water partition coefficient (Wildman–Crippen LogP) is 2.90. The average Bonchev–Trinajstić information content (AvgIpc) is 2.47. The molecule has 2 nitrogen and oxygen atoms in total. The molecule has 0 aliphatic carbocycles. The van der Waals surface area contributed by atoms with E-state index in [0.717, 1.165) is 16.8 Å². The minimum atomic E-state index is 1.02. The third-order valence-electron chi connectivity index (χ3n) is 2.24. The number of H-pyrrole nitrogens is 1. The average molecular weight is 172 g/mol. The van der Waals surface area contributed by atoms with Gasteiger partial charge < -0.3 is 0 Å². The van der Waals surface area contributed by atoms with Gasteiger partial charge in [-0.15, -0.1) is 0 Å². The molecule has 0 saturated carbocycles. The van der Waals surface area contributed by atoms with Crippen molar-refractivity contribution in [3.63, 3.8) is 0 Å². The Kier molecular flexibility index (Phi) is 1.69. The van der Waals surface area contributed by atoms with Crippen molar-refractivity contribution in [3.05, 3.63) is 36.0 Å². The van der Waals surface area contributed by atoms with Crippen molar-refractivity contribution < 1.29 is 0 Å². The second-order valence-electron chi connectivity index (χ2n) is 3.36. The van der Waals surface area contributed by atoms with Crippen molar-refractivity contribution >= 4 is 16.5 Å². The minimum Gasteiger partial charge on any atom is -0.282 e. The first-order chi connectivity index (χ1) is 6.18. The number of rotatable bonds is 1. The molecule has 2 rings (SSSR count). The lowest BCUT2D eigenvalue weighted by molar-refractivity contribution is 1.07. The summed E-state index contributed by atoms with van der Waals surface area (Å²) in [6.45, 7) is 7.95. The van der Waals surface area contributed by atoms with Gasteiger partial charge in [-0.3, -0.25) is 5.10 Å². The van der Waals surface area contributed by atoms with Gasteiger partial charge in [-0.05, 0) is 31.5 Å². The zero-order valence-corrected chi connectivity index (χ0v) is 7.89. The number of allylic oxidation sites excluding steroid dienone is 1. The molecule has 1 aromatic heterocycles. The van der Waals surface area contributed by atoms with Gasteiger partial charge in [0.2, 0.25) is 0 Å². The fourth-order valence-corrected chi connectivity index (χ4v) is 1.40. The van der Waals surface area contributed by atoms with E-state index < -0.39 is 0 Å². The summed E-state index contributed by atoms with van der Waals surface area (Å²) in [5, 5.41) is 8.31. The summed E-state index contributed by atoms with van der Waals surface area (Å²) in [5.41, 5.74) is 4.39. The largest absolute Gasteiger partial charge is 0.282 e. The second kappa shape index (κ2) is 2.73. The van der Waals surface area contributed by atoms with Gasteiger partial charge in [0, 0.05) is 11.1 Å². The highest BCUT2D eigenvalue weighted by Crippen LogP contribution is 2.20. The van der Waals surface area contributed by atoms with E-state index in [1.807, 2.05) is 26.0 Å². The van der Waals surface area contributed by atoms with Crippen molar-refractivity contribution in [3.8, 4) is 0 Å². The maximum Gasteiger partial charge on any atom is 0.0924 e. The van der Waals surface area contributed by atoms with Gasteiger partial charge in [0.1, 0.15) is 0 Å². The van der Waals surface area contributed by atoms with Gasteiger partial charge in [-0.2, -0.15) is 5.10 Å². The molecular formula is C11H12N2. The summed E-state index contributed by atoms with van der Waals surface area (Å²) in [4.78, 5) is 0. The highest BCUT2D eigenvalue weighted by molar-refractivity contribution is 5.84. The van der Waals surface area contributed by atoms with E-state index in [-0.39, 0.29) is 0 Å². The molecule has 1 aromatic carbocycles. The number of hydrogen-bond acceptors (Lipinski definition) is 1. The van der Waals surface area contributed by atoms with Crippen LogP contribution >= 0.6 is 0 Å². The predicted molar refractivity (Wildman–Crippen MR) is 55.5 cm³/mol. The normalized spacial score (nSPS) is 10.6. The van der Waals surface area contributed by atoms with Gasteiger partial charge in [0.05, 0.1) is 5.52 Å². The van der Waals surface area contributed by atoms with Crippen molar-refractivity contribution in [1.29, 1.82) is 0 Å². The van der Waals surface area contributed by atoms with Crippen LogP contribution < -0.4 is 0 Å². The fourth-order valence-electron chi connectivity index (χ4n) is 1.40. The summed E-state index contributed by atoms with van der Waals surface area (Å²) < 4.78 is 0. The van der Waals surface area contributed by atoms with Gasteiger partial charge in [0.15, 0.2) is 0 Å². The van der Waals surface area contributed by atoms with Crippen molar-refractivity contribution in [2.45, 2.75) is 13.8 Å².